The number of aliphatic hydroxyl groups is 3. The summed E-state index contributed by atoms with van der Waals surface area (Å²) in [5, 5.41) is 48.6. The first-order valence-corrected chi connectivity index (χ1v) is 14.2. The first-order valence-electron chi connectivity index (χ1n) is 14.2. The summed E-state index contributed by atoms with van der Waals surface area (Å²) in [5.74, 6) is -9.45. The number of rotatable bonds is 3. The highest BCUT2D eigenvalue weighted by atomic mass is 19.4. The Hall–Kier alpha value is -3.82. The molecule has 0 spiro atoms. The van der Waals surface area contributed by atoms with Gasteiger partial charge in [-0.2, -0.15) is 0 Å². The summed E-state index contributed by atoms with van der Waals surface area (Å²) in [6.07, 6.45) is -5.09. The minimum absolute atomic E-state index is 0.0108. The zero-order valence-corrected chi connectivity index (χ0v) is 24.3. The zero-order chi connectivity index (χ0) is 32.4. The van der Waals surface area contributed by atoms with Gasteiger partial charge in [0.05, 0.1) is 17.3 Å². The van der Waals surface area contributed by atoms with E-state index in [1.807, 2.05) is 11.8 Å². The Morgan fingerprint density at radius 1 is 1.18 bits per heavy atom. The number of carbonyl (C=O) groups excluding carboxylic acids is 3. The molecule has 1 aromatic carbocycles. The molecule has 0 aromatic heterocycles. The van der Waals surface area contributed by atoms with Crippen LogP contribution in [0.5, 0.6) is 11.5 Å². The second kappa shape index (κ2) is 9.59. The van der Waals surface area contributed by atoms with Crippen molar-refractivity contribution in [2.24, 2.45) is 23.5 Å². The van der Waals surface area contributed by atoms with Crippen LogP contribution < -0.4 is 15.8 Å². The largest absolute Gasteiger partial charge is 0.573 e. The molecule has 238 valence electrons. The number of fused-ring (bicyclic) bond motifs is 6. The second-order valence-corrected chi connectivity index (χ2v) is 12.7. The number of amides is 1. The minimum atomic E-state index is -5.16. The molecule has 44 heavy (non-hydrogen) atoms. The number of nitrogens with two attached hydrogens (primary N) is 1. The number of likely N-dealkylation sites (tertiary alicyclic amines) is 1. The van der Waals surface area contributed by atoms with Crippen molar-refractivity contribution < 1.29 is 52.7 Å². The van der Waals surface area contributed by atoms with Crippen LogP contribution >= 0.6 is 0 Å². The van der Waals surface area contributed by atoms with E-state index in [0.717, 1.165) is 0 Å². The van der Waals surface area contributed by atoms with Crippen molar-refractivity contribution >= 4 is 23.2 Å². The summed E-state index contributed by atoms with van der Waals surface area (Å²) in [6, 6.07) is -1.78. The molecule has 3 aliphatic carbocycles. The van der Waals surface area contributed by atoms with E-state index in [9.17, 15) is 48.0 Å². The molecular weight excluding hydrogens is 589 g/mol. The SMILES string of the molecule is CC1CC2CNc3c(O)c4c(c(OC(F)(F)F)c3C2N1C)C[C@@H]1C[C@@H]2[C@@H](N(C)C)C(O)=C(C(N)=O)C(=O)[C@]2(O)C(O)=C1C4=O. The van der Waals surface area contributed by atoms with Gasteiger partial charge in [-0.3, -0.25) is 24.2 Å². The minimum Gasteiger partial charge on any atom is -0.510 e. The summed E-state index contributed by atoms with van der Waals surface area (Å²) < 4.78 is 46.6. The zero-order valence-electron chi connectivity index (χ0n) is 24.3. The Morgan fingerprint density at radius 2 is 1.84 bits per heavy atom. The normalized spacial score (nSPS) is 33.4. The van der Waals surface area contributed by atoms with Crippen molar-refractivity contribution in [1.29, 1.82) is 0 Å². The van der Waals surface area contributed by atoms with Gasteiger partial charge in [-0.1, -0.05) is 0 Å². The number of alkyl halides is 3. The predicted octanol–water partition coefficient (Wildman–Crippen LogP) is 1.83. The van der Waals surface area contributed by atoms with E-state index in [0.29, 0.717) is 13.0 Å². The Labute approximate surface area is 249 Å². The molecule has 3 unspecified atom stereocenters. The topological polar surface area (TPSA) is 186 Å². The van der Waals surface area contributed by atoms with Gasteiger partial charge in [-0.05, 0) is 59.2 Å². The van der Waals surface area contributed by atoms with Gasteiger partial charge in [-0.15, -0.1) is 13.2 Å². The molecule has 2 aliphatic heterocycles. The second-order valence-electron chi connectivity index (χ2n) is 12.7. The summed E-state index contributed by atoms with van der Waals surface area (Å²) in [4.78, 5) is 43.0. The number of aromatic hydroxyl groups is 1. The van der Waals surface area contributed by atoms with Crippen LogP contribution in [0.15, 0.2) is 22.7 Å². The average molecular weight is 623 g/mol. The van der Waals surface area contributed by atoms with Crippen LogP contribution in [0.4, 0.5) is 18.9 Å². The highest BCUT2D eigenvalue weighted by molar-refractivity contribution is 6.25. The Morgan fingerprint density at radius 3 is 2.43 bits per heavy atom. The lowest BCUT2D eigenvalue weighted by Crippen LogP contribution is -2.63. The molecule has 1 fully saturated rings. The van der Waals surface area contributed by atoms with Crippen LogP contribution in [0.2, 0.25) is 0 Å². The Kier molecular flexibility index (Phi) is 6.58. The summed E-state index contributed by atoms with van der Waals surface area (Å²) in [7, 11) is 4.73. The van der Waals surface area contributed by atoms with Crippen molar-refractivity contribution in [2.45, 2.75) is 56.3 Å². The molecule has 0 bridgehead atoms. The van der Waals surface area contributed by atoms with Gasteiger partial charge in [0.15, 0.2) is 17.1 Å². The van der Waals surface area contributed by atoms with Gasteiger partial charge in [0.2, 0.25) is 5.78 Å². The van der Waals surface area contributed by atoms with Crippen molar-refractivity contribution in [3.05, 3.63) is 39.4 Å². The molecule has 1 amide bonds. The number of phenols is 1. The number of Topliss-reactive ketones (excluding diaryl/α,β-unsaturated/α-hetero) is 2. The van der Waals surface area contributed by atoms with Crippen LogP contribution in [0.25, 0.3) is 0 Å². The number of phenolic OH excluding ortho intramolecular Hbond substituents is 1. The lowest BCUT2D eigenvalue weighted by molar-refractivity contribution is -0.275. The average Bonchev–Trinajstić information content (AvgIpc) is 3.20. The number of nitrogens with zero attached hydrogens (tertiary/aromatic N) is 2. The fourth-order valence-electron chi connectivity index (χ4n) is 8.28. The lowest BCUT2D eigenvalue weighted by atomic mass is 9.58. The summed E-state index contributed by atoms with van der Waals surface area (Å²) in [5.41, 5.74) is 0.254. The van der Waals surface area contributed by atoms with Crippen molar-refractivity contribution in [3.8, 4) is 11.5 Å². The highest BCUT2D eigenvalue weighted by Gasteiger charge is 2.63. The number of hydrogen-bond donors (Lipinski definition) is 6. The number of anilines is 1. The smallest absolute Gasteiger partial charge is 0.510 e. The number of ketones is 2. The number of carbonyl (C=O) groups is 3. The molecular formula is C29H33F3N4O8. The summed E-state index contributed by atoms with van der Waals surface area (Å²) in [6.45, 7) is 2.25. The van der Waals surface area contributed by atoms with Crippen LogP contribution in [0, 0.1) is 17.8 Å². The van der Waals surface area contributed by atoms with E-state index in [4.69, 9.17) is 5.73 Å². The quantitative estimate of drug-likeness (QED) is 0.213. The summed E-state index contributed by atoms with van der Waals surface area (Å²) >= 11 is 0. The lowest BCUT2D eigenvalue weighted by Gasteiger charge is -2.50. The van der Waals surface area contributed by atoms with Gasteiger partial charge in [0, 0.05) is 41.2 Å². The van der Waals surface area contributed by atoms with Crippen LogP contribution in [0.3, 0.4) is 0 Å². The predicted molar refractivity (Wildman–Crippen MR) is 147 cm³/mol. The third kappa shape index (κ3) is 3.91. The van der Waals surface area contributed by atoms with Crippen LogP contribution in [0.1, 0.15) is 47.3 Å². The molecule has 7 N–H and O–H groups in total. The first kappa shape index (κ1) is 30.2. The van der Waals surface area contributed by atoms with E-state index in [2.05, 4.69) is 10.1 Å². The number of primary amides is 1. The molecule has 12 nitrogen and oxygen atoms in total. The van der Waals surface area contributed by atoms with E-state index in [1.165, 1.54) is 19.0 Å². The molecule has 0 radical (unpaired) electrons. The molecule has 5 aliphatic rings. The maximum Gasteiger partial charge on any atom is 0.573 e. The molecule has 7 atom stereocenters. The number of aliphatic hydroxyl groups excluding tert-OH is 2. The first-order chi connectivity index (χ1) is 20.4. The van der Waals surface area contributed by atoms with Gasteiger partial charge in [0.25, 0.3) is 5.91 Å². The van der Waals surface area contributed by atoms with E-state index in [1.54, 1.807) is 7.05 Å². The molecule has 0 saturated carbocycles. The third-order valence-electron chi connectivity index (χ3n) is 10.2. The number of halogens is 3. The maximum atomic E-state index is 14.1. The van der Waals surface area contributed by atoms with Crippen LogP contribution in [-0.4, -0.2) is 99.4 Å². The van der Waals surface area contributed by atoms with E-state index in [-0.39, 0.29) is 41.6 Å². The van der Waals surface area contributed by atoms with Gasteiger partial charge in [-0.25, -0.2) is 0 Å². The third-order valence-corrected chi connectivity index (χ3v) is 10.2. The van der Waals surface area contributed by atoms with Crippen molar-refractivity contribution in [2.75, 3.05) is 33.0 Å². The van der Waals surface area contributed by atoms with Gasteiger partial charge >= 0.3 is 6.36 Å². The maximum absolute atomic E-state index is 14.1. The highest BCUT2D eigenvalue weighted by Crippen LogP contribution is 2.59. The Balaban J connectivity index is 1.59. The molecule has 6 rings (SSSR count). The fraction of sp³-hybridized carbons (Fsp3) is 0.552. The molecule has 1 aromatic rings. The number of hydrogen-bond acceptors (Lipinski definition) is 11. The van der Waals surface area contributed by atoms with Gasteiger partial charge in [0.1, 0.15) is 22.8 Å². The number of nitrogens with one attached hydrogen (secondary N) is 1. The van der Waals surface area contributed by atoms with Crippen LogP contribution in [-0.2, 0) is 16.0 Å². The number of likely N-dealkylation sites (N-methyl/N-ethyl adjacent to an activating group) is 1. The number of allylic oxidation sites excluding steroid dienone is 1. The van der Waals surface area contributed by atoms with Crippen molar-refractivity contribution in [3.63, 3.8) is 0 Å². The Bertz CT molecular complexity index is 1590. The monoisotopic (exact) mass is 622 g/mol. The molecule has 1 saturated heterocycles. The standard InChI is InChI=1S/C29H33F3N4O8/c1-9-5-11-8-34-18-16(19(11)36(9)4)24(44-29(30,31)32)12-6-10-7-13-20(35(2)3)23(39)17(27(33)42)26(41)28(13,43)25(40)14(10)21(37)15(12)22(18)38/h9-11,13,19-20,34,38-40,43H,5-8H2,1-4H3,(H2,33,42)/t9?,10-,11?,13-,19?,20-,28-/m1/s1. The number of ether oxygens (including phenoxy) is 1. The molecule has 15 heteroatoms. The van der Waals surface area contributed by atoms with E-state index < -0.39 is 93.1 Å². The number of benzene rings is 1. The van der Waals surface area contributed by atoms with Crippen molar-refractivity contribution in [1.82, 2.24) is 9.80 Å². The molecule has 2 heterocycles. The fourth-order valence-corrected chi connectivity index (χ4v) is 8.28. The van der Waals surface area contributed by atoms with Gasteiger partial charge < -0.3 is 36.2 Å². The van der Waals surface area contributed by atoms with E-state index >= 15 is 0 Å².